The normalized spacial score (nSPS) is 15.4. The molecule has 3 rings (SSSR count). The van der Waals surface area contributed by atoms with Crippen molar-refractivity contribution in [3.8, 4) is 5.75 Å². The minimum atomic E-state index is -1.08. The van der Waals surface area contributed by atoms with Crippen LogP contribution in [0, 0.1) is 5.92 Å². The van der Waals surface area contributed by atoms with E-state index < -0.39 is 5.97 Å². The number of hydrogen-bond acceptors (Lipinski definition) is 4. The summed E-state index contributed by atoms with van der Waals surface area (Å²) in [7, 11) is 0. The highest BCUT2D eigenvalue weighted by Crippen LogP contribution is 2.33. The third-order valence-electron chi connectivity index (χ3n) is 4.08. The van der Waals surface area contributed by atoms with Gasteiger partial charge in [0.1, 0.15) is 11.3 Å². The summed E-state index contributed by atoms with van der Waals surface area (Å²) in [6, 6.07) is 5.47. The van der Waals surface area contributed by atoms with Gasteiger partial charge in [0.05, 0.1) is 23.2 Å². The first-order chi connectivity index (χ1) is 10.2. The Labute approximate surface area is 122 Å². The standard InChI is InChI=1S/C16H18N2O3/c17-15-11(16(19)20)8-18-12-6-3-7-13(14(12)15)21-9-10-4-1-2-5-10/h3,6-8,10H,1-2,4-5,9H2,(H2,17,18)(H,19,20). The maximum atomic E-state index is 11.2. The third-order valence-corrected chi connectivity index (χ3v) is 4.08. The molecule has 0 unspecified atom stereocenters. The van der Waals surface area contributed by atoms with E-state index in [1.54, 1.807) is 6.07 Å². The fraction of sp³-hybridized carbons (Fsp3) is 0.375. The van der Waals surface area contributed by atoms with E-state index in [4.69, 9.17) is 15.6 Å². The Morgan fingerprint density at radius 1 is 1.38 bits per heavy atom. The minimum absolute atomic E-state index is 0.0133. The van der Waals surface area contributed by atoms with Crippen molar-refractivity contribution in [1.82, 2.24) is 4.98 Å². The highest BCUT2D eigenvalue weighted by Gasteiger charge is 2.18. The fourth-order valence-electron chi connectivity index (χ4n) is 2.91. The molecule has 1 aliphatic carbocycles. The average Bonchev–Trinajstić information content (AvgIpc) is 2.98. The second-order valence-corrected chi connectivity index (χ2v) is 5.50. The van der Waals surface area contributed by atoms with Crippen LogP contribution in [0.4, 0.5) is 5.69 Å². The number of nitrogen functional groups attached to an aromatic ring is 1. The van der Waals surface area contributed by atoms with Gasteiger partial charge in [0.25, 0.3) is 0 Å². The van der Waals surface area contributed by atoms with Gasteiger partial charge in [-0.2, -0.15) is 0 Å². The third kappa shape index (κ3) is 2.63. The van der Waals surface area contributed by atoms with E-state index in [9.17, 15) is 4.79 Å². The van der Waals surface area contributed by atoms with Crippen molar-refractivity contribution in [2.45, 2.75) is 25.7 Å². The van der Waals surface area contributed by atoms with Gasteiger partial charge in [-0.05, 0) is 30.9 Å². The van der Waals surface area contributed by atoms with Crippen LogP contribution in [-0.2, 0) is 0 Å². The molecule has 0 bridgehead atoms. The van der Waals surface area contributed by atoms with Crippen molar-refractivity contribution >= 4 is 22.6 Å². The predicted octanol–water partition coefficient (Wildman–Crippen LogP) is 3.08. The quantitative estimate of drug-likeness (QED) is 0.902. The van der Waals surface area contributed by atoms with E-state index in [1.165, 1.54) is 31.9 Å². The molecule has 1 heterocycles. The first-order valence-electron chi connectivity index (χ1n) is 7.20. The first kappa shape index (κ1) is 13.7. The maximum absolute atomic E-state index is 11.2. The predicted molar refractivity (Wildman–Crippen MR) is 80.6 cm³/mol. The Kier molecular flexibility index (Phi) is 3.64. The highest BCUT2D eigenvalue weighted by molar-refractivity contribution is 6.05. The number of carbonyl (C=O) groups is 1. The molecule has 0 aliphatic heterocycles. The van der Waals surface area contributed by atoms with Crippen molar-refractivity contribution in [3.63, 3.8) is 0 Å². The summed E-state index contributed by atoms with van der Waals surface area (Å²) >= 11 is 0. The Balaban J connectivity index is 1.96. The summed E-state index contributed by atoms with van der Waals surface area (Å²) in [5.41, 5.74) is 6.89. The summed E-state index contributed by atoms with van der Waals surface area (Å²) in [6.07, 6.45) is 6.20. The number of pyridine rings is 1. The summed E-state index contributed by atoms with van der Waals surface area (Å²) in [4.78, 5) is 15.3. The Morgan fingerprint density at radius 3 is 2.86 bits per heavy atom. The number of anilines is 1. The van der Waals surface area contributed by atoms with Crippen LogP contribution in [0.2, 0.25) is 0 Å². The lowest BCUT2D eigenvalue weighted by atomic mass is 10.1. The average molecular weight is 286 g/mol. The number of nitrogens with zero attached hydrogens (tertiary/aromatic N) is 1. The molecule has 5 heteroatoms. The second-order valence-electron chi connectivity index (χ2n) is 5.50. The van der Waals surface area contributed by atoms with E-state index in [-0.39, 0.29) is 11.3 Å². The highest BCUT2D eigenvalue weighted by atomic mass is 16.5. The number of carboxylic acids is 1. The van der Waals surface area contributed by atoms with E-state index in [0.29, 0.717) is 29.2 Å². The van der Waals surface area contributed by atoms with Crippen LogP contribution in [0.25, 0.3) is 10.9 Å². The van der Waals surface area contributed by atoms with E-state index in [1.807, 2.05) is 12.1 Å². The van der Waals surface area contributed by atoms with Crippen LogP contribution < -0.4 is 10.5 Å². The van der Waals surface area contributed by atoms with Crippen LogP contribution >= 0.6 is 0 Å². The number of nitrogens with two attached hydrogens (primary N) is 1. The van der Waals surface area contributed by atoms with Crippen molar-refractivity contribution in [3.05, 3.63) is 30.0 Å². The van der Waals surface area contributed by atoms with Crippen molar-refractivity contribution in [2.75, 3.05) is 12.3 Å². The summed E-state index contributed by atoms with van der Waals surface area (Å²) in [5, 5.41) is 9.75. The van der Waals surface area contributed by atoms with Gasteiger partial charge in [-0.3, -0.25) is 4.98 Å². The number of aromatic carboxylic acids is 1. The fourth-order valence-corrected chi connectivity index (χ4v) is 2.91. The van der Waals surface area contributed by atoms with Gasteiger partial charge in [-0.1, -0.05) is 18.9 Å². The lowest BCUT2D eigenvalue weighted by Gasteiger charge is -2.14. The van der Waals surface area contributed by atoms with Crippen LogP contribution in [0.15, 0.2) is 24.4 Å². The van der Waals surface area contributed by atoms with Crippen molar-refractivity contribution in [2.24, 2.45) is 5.92 Å². The molecule has 21 heavy (non-hydrogen) atoms. The monoisotopic (exact) mass is 286 g/mol. The largest absolute Gasteiger partial charge is 0.493 e. The Hall–Kier alpha value is -2.30. The zero-order valence-electron chi connectivity index (χ0n) is 11.7. The summed E-state index contributed by atoms with van der Waals surface area (Å²) < 4.78 is 5.91. The molecule has 1 fully saturated rings. The smallest absolute Gasteiger partial charge is 0.339 e. The van der Waals surface area contributed by atoms with Gasteiger partial charge in [-0.15, -0.1) is 0 Å². The van der Waals surface area contributed by atoms with Crippen LogP contribution in [0.3, 0.4) is 0 Å². The van der Waals surface area contributed by atoms with E-state index >= 15 is 0 Å². The molecule has 5 nitrogen and oxygen atoms in total. The summed E-state index contributed by atoms with van der Waals surface area (Å²) in [5.74, 6) is 0.122. The van der Waals surface area contributed by atoms with Gasteiger partial charge >= 0.3 is 5.97 Å². The number of aromatic nitrogens is 1. The second kappa shape index (κ2) is 5.60. The molecule has 1 aromatic carbocycles. The molecule has 1 aromatic heterocycles. The first-order valence-corrected chi connectivity index (χ1v) is 7.20. The molecule has 0 atom stereocenters. The molecule has 2 aromatic rings. The number of rotatable bonds is 4. The molecule has 0 spiro atoms. The van der Waals surface area contributed by atoms with Gasteiger partial charge < -0.3 is 15.6 Å². The van der Waals surface area contributed by atoms with Crippen molar-refractivity contribution in [1.29, 1.82) is 0 Å². The van der Waals surface area contributed by atoms with Crippen LogP contribution in [-0.4, -0.2) is 22.7 Å². The molecular weight excluding hydrogens is 268 g/mol. The van der Waals surface area contributed by atoms with Gasteiger partial charge in [0.15, 0.2) is 0 Å². The van der Waals surface area contributed by atoms with E-state index in [0.717, 1.165) is 0 Å². The molecule has 1 aliphatic rings. The lowest BCUT2D eigenvalue weighted by molar-refractivity contribution is 0.0698. The van der Waals surface area contributed by atoms with Crippen molar-refractivity contribution < 1.29 is 14.6 Å². The number of fused-ring (bicyclic) bond motifs is 1. The maximum Gasteiger partial charge on any atom is 0.339 e. The van der Waals surface area contributed by atoms with Gasteiger partial charge in [-0.25, -0.2) is 4.79 Å². The molecule has 0 radical (unpaired) electrons. The van der Waals surface area contributed by atoms with Crippen LogP contribution in [0.1, 0.15) is 36.0 Å². The SMILES string of the molecule is Nc1c(C(=O)O)cnc2cccc(OCC3CCCC3)c12. The van der Waals surface area contributed by atoms with E-state index in [2.05, 4.69) is 4.98 Å². The lowest BCUT2D eigenvalue weighted by Crippen LogP contribution is -2.09. The van der Waals surface area contributed by atoms with Crippen LogP contribution in [0.5, 0.6) is 5.75 Å². The van der Waals surface area contributed by atoms with Gasteiger partial charge in [0, 0.05) is 6.20 Å². The molecule has 1 saturated carbocycles. The summed E-state index contributed by atoms with van der Waals surface area (Å²) in [6.45, 7) is 0.649. The Bertz CT molecular complexity index is 679. The minimum Gasteiger partial charge on any atom is -0.493 e. The molecule has 3 N–H and O–H groups in total. The molecular formula is C16H18N2O3. The molecule has 0 amide bonds. The molecule has 0 saturated heterocycles. The topological polar surface area (TPSA) is 85.4 Å². The zero-order chi connectivity index (χ0) is 14.8. The number of hydrogen-bond donors (Lipinski definition) is 2. The zero-order valence-corrected chi connectivity index (χ0v) is 11.7. The number of ether oxygens (including phenoxy) is 1. The molecule has 110 valence electrons. The number of carboxylic acid groups (broad SMARTS) is 1. The van der Waals surface area contributed by atoms with Gasteiger partial charge in [0.2, 0.25) is 0 Å². The Morgan fingerprint density at radius 2 is 2.14 bits per heavy atom. The number of benzene rings is 1.